The van der Waals surface area contributed by atoms with Crippen LogP contribution in [0.3, 0.4) is 0 Å². The van der Waals surface area contributed by atoms with E-state index in [4.69, 9.17) is 27.8 Å². The highest BCUT2D eigenvalue weighted by atomic mass is 35.5. The van der Waals surface area contributed by atoms with E-state index >= 15 is 0 Å². The summed E-state index contributed by atoms with van der Waals surface area (Å²) < 4.78 is 5.13. The van der Waals surface area contributed by atoms with Crippen molar-refractivity contribution in [3.8, 4) is 17.0 Å². The number of ether oxygens (including phenoxy) is 1. The zero-order valence-corrected chi connectivity index (χ0v) is 9.90. The molecule has 0 radical (unpaired) electrons. The minimum Gasteiger partial charge on any atom is -0.495 e. The fourth-order valence-corrected chi connectivity index (χ4v) is 1.77. The molecule has 0 atom stereocenters. The standard InChI is InChI=1S/C11H11ClN4O/c1-17-7-4-2-3-6(9(7)12)10-11(14)16-8(13)5-15-10/h2-5H,1H3,(H4,13,14,16). The maximum atomic E-state index is 6.18. The smallest absolute Gasteiger partial charge is 0.152 e. The largest absolute Gasteiger partial charge is 0.495 e. The molecule has 0 aliphatic heterocycles. The van der Waals surface area contributed by atoms with Crippen LogP contribution in [-0.2, 0) is 0 Å². The fraction of sp³-hybridized carbons (Fsp3) is 0.0909. The van der Waals surface area contributed by atoms with Crippen LogP contribution in [0.15, 0.2) is 24.4 Å². The monoisotopic (exact) mass is 250 g/mol. The molecule has 1 heterocycles. The SMILES string of the molecule is COc1cccc(-c2ncc(N)nc2N)c1Cl. The van der Waals surface area contributed by atoms with Crippen LogP contribution in [0.25, 0.3) is 11.3 Å². The van der Waals surface area contributed by atoms with Crippen molar-refractivity contribution in [2.24, 2.45) is 0 Å². The van der Waals surface area contributed by atoms with Crippen molar-refractivity contribution in [1.82, 2.24) is 9.97 Å². The molecule has 0 fully saturated rings. The number of aromatic nitrogens is 2. The van der Waals surface area contributed by atoms with E-state index in [1.165, 1.54) is 6.20 Å². The molecule has 2 rings (SSSR count). The van der Waals surface area contributed by atoms with E-state index in [9.17, 15) is 0 Å². The molecule has 88 valence electrons. The van der Waals surface area contributed by atoms with Crippen LogP contribution in [0.4, 0.5) is 11.6 Å². The van der Waals surface area contributed by atoms with Gasteiger partial charge in [0.1, 0.15) is 17.3 Å². The molecule has 0 bridgehead atoms. The first kappa shape index (κ1) is 11.5. The van der Waals surface area contributed by atoms with Gasteiger partial charge < -0.3 is 16.2 Å². The van der Waals surface area contributed by atoms with Gasteiger partial charge in [0.15, 0.2) is 5.82 Å². The first-order valence-corrected chi connectivity index (χ1v) is 5.22. The Kier molecular flexibility index (Phi) is 3.01. The highest BCUT2D eigenvalue weighted by Crippen LogP contribution is 2.35. The minimum atomic E-state index is 0.236. The van der Waals surface area contributed by atoms with Gasteiger partial charge in [-0.25, -0.2) is 9.97 Å². The van der Waals surface area contributed by atoms with Crippen LogP contribution < -0.4 is 16.2 Å². The van der Waals surface area contributed by atoms with E-state index in [-0.39, 0.29) is 11.6 Å². The summed E-state index contributed by atoms with van der Waals surface area (Å²) in [4.78, 5) is 8.07. The van der Waals surface area contributed by atoms with Crippen molar-refractivity contribution in [1.29, 1.82) is 0 Å². The average Bonchev–Trinajstić information content (AvgIpc) is 2.30. The predicted molar refractivity (Wildman–Crippen MR) is 67.9 cm³/mol. The first-order chi connectivity index (χ1) is 8.13. The number of nitrogens with zero attached hydrogens (tertiary/aromatic N) is 2. The summed E-state index contributed by atoms with van der Waals surface area (Å²) in [5, 5.41) is 0.445. The van der Waals surface area contributed by atoms with Gasteiger partial charge in [-0.2, -0.15) is 0 Å². The van der Waals surface area contributed by atoms with E-state index < -0.39 is 0 Å². The number of nitrogens with two attached hydrogens (primary N) is 2. The number of anilines is 2. The fourth-order valence-electron chi connectivity index (χ4n) is 1.48. The van der Waals surface area contributed by atoms with Crippen LogP contribution in [0, 0.1) is 0 Å². The van der Waals surface area contributed by atoms with Crippen molar-refractivity contribution in [2.45, 2.75) is 0 Å². The van der Waals surface area contributed by atoms with Gasteiger partial charge in [0.25, 0.3) is 0 Å². The van der Waals surface area contributed by atoms with Crippen molar-refractivity contribution < 1.29 is 4.74 Å². The Hall–Kier alpha value is -2.01. The Balaban J connectivity index is 2.60. The predicted octanol–water partition coefficient (Wildman–Crippen LogP) is 1.97. The van der Waals surface area contributed by atoms with Crippen molar-refractivity contribution in [2.75, 3.05) is 18.6 Å². The van der Waals surface area contributed by atoms with Gasteiger partial charge >= 0.3 is 0 Å². The van der Waals surface area contributed by atoms with E-state index in [1.807, 2.05) is 0 Å². The third-order valence-electron chi connectivity index (χ3n) is 2.26. The van der Waals surface area contributed by atoms with Crippen molar-refractivity contribution >= 4 is 23.2 Å². The third-order valence-corrected chi connectivity index (χ3v) is 2.65. The number of hydrogen-bond donors (Lipinski definition) is 2. The van der Waals surface area contributed by atoms with E-state index in [2.05, 4.69) is 9.97 Å². The minimum absolute atomic E-state index is 0.236. The van der Waals surface area contributed by atoms with Crippen LogP contribution in [0.1, 0.15) is 0 Å². The second kappa shape index (κ2) is 4.47. The molecule has 5 nitrogen and oxygen atoms in total. The highest BCUT2D eigenvalue weighted by molar-refractivity contribution is 6.34. The van der Waals surface area contributed by atoms with Gasteiger partial charge in [0.05, 0.1) is 18.3 Å². The van der Waals surface area contributed by atoms with Gasteiger partial charge in [0.2, 0.25) is 0 Å². The quantitative estimate of drug-likeness (QED) is 0.851. The number of hydrogen-bond acceptors (Lipinski definition) is 5. The Morgan fingerprint density at radius 3 is 2.71 bits per heavy atom. The molecule has 0 spiro atoms. The third kappa shape index (κ3) is 2.09. The van der Waals surface area contributed by atoms with Crippen LogP contribution in [0.5, 0.6) is 5.75 Å². The second-order valence-corrected chi connectivity index (χ2v) is 3.73. The summed E-state index contributed by atoms with van der Waals surface area (Å²) in [5.41, 5.74) is 12.4. The zero-order chi connectivity index (χ0) is 12.4. The summed E-state index contributed by atoms with van der Waals surface area (Å²) in [5.74, 6) is 1.06. The maximum absolute atomic E-state index is 6.18. The molecule has 0 aliphatic rings. The molecule has 0 amide bonds. The zero-order valence-electron chi connectivity index (χ0n) is 9.14. The Bertz CT molecular complexity index is 559. The van der Waals surface area contributed by atoms with E-state index in [1.54, 1.807) is 25.3 Å². The molecule has 6 heteroatoms. The summed E-state index contributed by atoms with van der Waals surface area (Å²) in [6.45, 7) is 0. The number of benzene rings is 1. The molecule has 1 aromatic carbocycles. The summed E-state index contributed by atoms with van der Waals surface area (Å²) in [6, 6.07) is 5.35. The highest BCUT2D eigenvalue weighted by Gasteiger charge is 2.13. The average molecular weight is 251 g/mol. The topological polar surface area (TPSA) is 87.0 Å². The molecule has 0 saturated carbocycles. The number of halogens is 1. The summed E-state index contributed by atoms with van der Waals surface area (Å²) >= 11 is 6.18. The lowest BCUT2D eigenvalue weighted by molar-refractivity contribution is 0.415. The Morgan fingerprint density at radius 2 is 2.06 bits per heavy atom. The van der Waals surface area contributed by atoms with Gasteiger partial charge in [-0.1, -0.05) is 23.7 Å². The number of nitrogen functional groups attached to an aromatic ring is 2. The molecule has 0 saturated heterocycles. The summed E-state index contributed by atoms with van der Waals surface area (Å²) in [6.07, 6.45) is 1.43. The molecule has 17 heavy (non-hydrogen) atoms. The van der Waals surface area contributed by atoms with Gasteiger partial charge in [-0.05, 0) is 6.07 Å². The van der Waals surface area contributed by atoms with Crippen molar-refractivity contribution in [3.63, 3.8) is 0 Å². The molecule has 0 aliphatic carbocycles. The second-order valence-electron chi connectivity index (χ2n) is 3.35. The molecule has 0 unspecified atom stereocenters. The molecular weight excluding hydrogens is 240 g/mol. The van der Waals surface area contributed by atoms with Crippen LogP contribution in [-0.4, -0.2) is 17.1 Å². The van der Waals surface area contributed by atoms with E-state index in [0.29, 0.717) is 22.0 Å². The van der Waals surface area contributed by atoms with Crippen LogP contribution >= 0.6 is 11.6 Å². The number of rotatable bonds is 2. The molecule has 4 N–H and O–H groups in total. The molecular formula is C11H11ClN4O. The lowest BCUT2D eigenvalue weighted by atomic mass is 10.1. The Morgan fingerprint density at radius 1 is 1.29 bits per heavy atom. The van der Waals surface area contributed by atoms with Gasteiger partial charge in [-0.3, -0.25) is 0 Å². The lowest BCUT2D eigenvalue weighted by Gasteiger charge is -2.09. The van der Waals surface area contributed by atoms with Crippen LogP contribution in [0.2, 0.25) is 5.02 Å². The Labute approximate surface area is 103 Å². The maximum Gasteiger partial charge on any atom is 0.152 e. The van der Waals surface area contributed by atoms with Gasteiger partial charge in [-0.15, -0.1) is 0 Å². The summed E-state index contributed by atoms with van der Waals surface area (Å²) in [7, 11) is 1.54. The van der Waals surface area contributed by atoms with Gasteiger partial charge in [0, 0.05) is 5.56 Å². The van der Waals surface area contributed by atoms with E-state index in [0.717, 1.165) is 0 Å². The molecule has 1 aromatic heterocycles. The van der Waals surface area contributed by atoms with Crippen molar-refractivity contribution in [3.05, 3.63) is 29.4 Å². The number of methoxy groups -OCH3 is 1. The normalized spacial score (nSPS) is 10.2. The lowest BCUT2D eigenvalue weighted by Crippen LogP contribution is -2.01. The molecule has 2 aromatic rings. The first-order valence-electron chi connectivity index (χ1n) is 4.84.